The Morgan fingerprint density at radius 1 is 1.06 bits per heavy atom. The summed E-state index contributed by atoms with van der Waals surface area (Å²) in [5.41, 5.74) is 3.90. The summed E-state index contributed by atoms with van der Waals surface area (Å²) >= 11 is 1.10. The van der Waals surface area contributed by atoms with Crippen molar-refractivity contribution in [1.82, 2.24) is 10.3 Å². The number of fused-ring (bicyclic) bond motifs is 4. The predicted molar refractivity (Wildman–Crippen MR) is 124 cm³/mol. The van der Waals surface area contributed by atoms with Gasteiger partial charge in [0.2, 0.25) is 0 Å². The number of phenols is 1. The Morgan fingerprint density at radius 2 is 1.81 bits per heavy atom. The number of nitrogens with zero attached hydrogens (tertiary/aromatic N) is 2. The van der Waals surface area contributed by atoms with Crippen molar-refractivity contribution in [2.45, 2.75) is 18.3 Å². The number of carbonyl (C=O) groups is 1. The number of carbonyl (C=O) groups excluding carboxylic acids is 1. The Bertz CT molecular complexity index is 1270. The Hall–Kier alpha value is -3.71. The molecule has 0 bridgehead atoms. The molecule has 3 heterocycles. The van der Waals surface area contributed by atoms with Gasteiger partial charge < -0.3 is 9.84 Å². The highest BCUT2D eigenvalue weighted by Crippen LogP contribution is 2.52. The fourth-order valence-corrected chi connectivity index (χ4v) is 5.30. The minimum Gasteiger partial charge on any atom is -0.508 e. The van der Waals surface area contributed by atoms with Crippen LogP contribution >= 0.6 is 11.8 Å². The molecule has 158 valence electrons. The van der Waals surface area contributed by atoms with Crippen molar-refractivity contribution in [3.05, 3.63) is 100 Å². The van der Waals surface area contributed by atoms with E-state index in [0.29, 0.717) is 11.3 Å². The first-order valence-electron chi connectivity index (χ1n) is 10.3. The van der Waals surface area contributed by atoms with Gasteiger partial charge in [0.1, 0.15) is 11.5 Å². The molecule has 6 rings (SSSR count). The zero-order valence-electron chi connectivity index (χ0n) is 16.9. The summed E-state index contributed by atoms with van der Waals surface area (Å²) in [6.07, 6.45) is 2.61. The topological polar surface area (TPSA) is 74.2 Å². The van der Waals surface area contributed by atoms with Crippen LogP contribution in [0.25, 0.3) is 6.08 Å². The predicted octanol–water partition coefficient (Wildman–Crippen LogP) is 5.09. The lowest BCUT2D eigenvalue weighted by molar-refractivity contribution is -0.0949. The largest absolute Gasteiger partial charge is 0.508 e. The number of hydrogen-bond donors (Lipinski definition) is 2. The molecular weight excluding hydrogens is 422 g/mol. The van der Waals surface area contributed by atoms with Crippen LogP contribution in [-0.2, 0) is 0 Å². The van der Waals surface area contributed by atoms with Crippen LogP contribution in [0.3, 0.4) is 0 Å². The molecule has 7 heteroatoms. The van der Waals surface area contributed by atoms with Crippen LogP contribution < -0.4 is 10.1 Å². The van der Waals surface area contributed by atoms with Gasteiger partial charge in [0.05, 0.1) is 16.7 Å². The van der Waals surface area contributed by atoms with Gasteiger partial charge in [-0.3, -0.25) is 10.1 Å². The number of thioether (sulfide) groups is 1. The monoisotopic (exact) mass is 441 g/mol. The minimum atomic E-state index is -1.23. The van der Waals surface area contributed by atoms with E-state index in [4.69, 9.17) is 9.84 Å². The van der Waals surface area contributed by atoms with Crippen LogP contribution in [0.1, 0.15) is 29.2 Å². The molecule has 1 saturated heterocycles. The average Bonchev–Trinajstić information content (AvgIpc) is 3.39. The molecule has 1 amide bonds. The number of nitrogens with one attached hydrogen (secondary N) is 1. The van der Waals surface area contributed by atoms with Crippen LogP contribution in [-0.4, -0.2) is 26.9 Å². The molecule has 3 aromatic rings. The second kappa shape index (κ2) is 7.17. The first-order chi connectivity index (χ1) is 15.6. The van der Waals surface area contributed by atoms with Gasteiger partial charge in [0, 0.05) is 12.0 Å². The van der Waals surface area contributed by atoms with Gasteiger partial charge in [-0.25, -0.2) is 5.01 Å². The summed E-state index contributed by atoms with van der Waals surface area (Å²) < 4.78 is 6.51. The molecule has 6 nitrogen and oxygen atoms in total. The first kappa shape index (κ1) is 19.0. The summed E-state index contributed by atoms with van der Waals surface area (Å²) in [5, 5.41) is 19.3. The van der Waals surface area contributed by atoms with E-state index < -0.39 is 5.85 Å². The Morgan fingerprint density at radius 3 is 2.62 bits per heavy atom. The molecule has 0 saturated carbocycles. The summed E-state index contributed by atoms with van der Waals surface area (Å²) in [7, 11) is 0. The van der Waals surface area contributed by atoms with E-state index in [1.165, 1.54) is 0 Å². The number of phenolic OH excluding ortho intramolecular Hbond substituents is 1. The van der Waals surface area contributed by atoms with Crippen molar-refractivity contribution in [2.75, 3.05) is 0 Å². The van der Waals surface area contributed by atoms with E-state index >= 15 is 0 Å². The van der Waals surface area contributed by atoms with Crippen molar-refractivity contribution < 1.29 is 14.6 Å². The molecule has 1 spiro atoms. The molecule has 0 aliphatic carbocycles. The molecule has 2 atom stereocenters. The fourth-order valence-electron chi connectivity index (χ4n) is 4.39. The average molecular weight is 442 g/mol. The number of para-hydroxylation sites is 1. The fraction of sp³-hybridized carbons (Fsp3) is 0.120. The highest BCUT2D eigenvalue weighted by atomic mass is 32.2. The first-order valence-corrected chi connectivity index (χ1v) is 11.2. The van der Waals surface area contributed by atoms with E-state index in [1.807, 2.05) is 59.6 Å². The van der Waals surface area contributed by atoms with Crippen LogP contribution in [0.15, 0.2) is 88.9 Å². The van der Waals surface area contributed by atoms with Crippen LogP contribution in [0.4, 0.5) is 4.79 Å². The lowest BCUT2D eigenvalue weighted by atomic mass is 9.95. The zero-order valence-corrected chi connectivity index (χ0v) is 17.8. The van der Waals surface area contributed by atoms with Crippen molar-refractivity contribution in [3.63, 3.8) is 0 Å². The molecule has 0 radical (unpaired) electrons. The summed E-state index contributed by atoms with van der Waals surface area (Å²) in [6, 6.07) is 24.8. The number of hydrazone groups is 1. The Balaban J connectivity index is 1.51. The standard InChI is InChI=1S/C25H19N3O3S/c29-18-12-10-16(11-13-18)14-23-25(26-24(30)32-23)28-21(19-8-4-5-9-22(19)31-25)15-20(27-28)17-6-2-1-3-7-17/h1-14,21,29H,15H2,(H,26,30)/b23-14-/t21-,25+/m1/s1. The van der Waals surface area contributed by atoms with Crippen molar-refractivity contribution in [3.8, 4) is 11.5 Å². The van der Waals surface area contributed by atoms with Crippen molar-refractivity contribution in [1.29, 1.82) is 0 Å². The summed E-state index contributed by atoms with van der Waals surface area (Å²) in [5.74, 6) is -0.304. The minimum absolute atomic E-state index is 0.0719. The molecule has 0 aromatic heterocycles. The van der Waals surface area contributed by atoms with E-state index in [9.17, 15) is 9.90 Å². The van der Waals surface area contributed by atoms with Gasteiger partial charge in [-0.2, -0.15) is 5.10 Å². The van der Waals surface area contributed by atoms with Gasteiger partial charge in [0.15, 0.2) is 0 Å². The number of benzene rings is 3. The maximum atomic E-state index is 12.6. The second-order valence-electron chi connectivity index (χ2n) is 7.88. The van der Waals surface area contributed by atoms with Gasteiger partial charge in [-0.05, 0) is 47.2 Å². The highest BCUT2D eigenvalue weighted by molar-refractivity contribution is 8.17. The second-order valence-corrected chi connectivity index (χ2v) is 8.89. The van der Waals surface area contributed by atoms with Crippen LogP contribution in [0.2, 0.25) is 0 Å². The van der Waals surface area contributed by atoms with Crippen LogP contribution in [0, 0.1) is 0 Å². The van der Waals surface area contributed by atoms with E-state index in [2.05, 4.69) is 11.4 Å². The number of amides is 1. The number of rotatable bonds is 2. The smallest absolute Gasteiger partial charge is 0.314 e. The van der Waals surface area contributed by atoms with E-state index in [0.717, 1.165) is 39.9 Å². The van der Waals surface area contributed by atoms with Gasteiger partial charge in [-0.15, -0.1) is 0 Å². The van der Waals surface area contributed by atoms with E-state index in [-0.39, 0.29) is 17.0 Å². The zero-order chi connectivity index (χ0) is 21.7. The molecule has 2 N–H and O–H groups in total. The normalized spacial score (nSPS) is 24.7. The molecule has 3 aliphatic heterocycles. The molecular formula is C25H19N3O3S. The van der Waals surface area contributed by atoms with Crippen molar-refractivity contribution in [2.24, 2.45) is 5.10 Å². The third-order valence-electron chi connectivity index (χ3n) is 5.87. The van der Waals surface area contributed by atoms with Crippen molar-refractivity contribution >= 4 is 28.8 Å². The van der Waals surface area contributed by atoms with Gasteiger partial charge in [0.25, 0.3) is 5.24 Å². The van der Waals surface area contributed by atoms with E-state index in [1.54, 1.807) is 24.3 Å². The SMILES string of the molecule is O=C1N[C@@]2(Oc3ccccc3[C@H]3CC(c4ccccc4)=NN32)/C(=C/c2ccc(O)cc2)S1. The lowest BCUT2D eigenvalue weighted by Crippen LogP contribution is -2.61. The Kier molecular flexibility index (Phi) is 4.26. The van der Waals surface area contributed by atoms with Gasteiger partial charge >= 0.3 is 5.85 Å². The summed E-state index contributed by atoms with van der Waals surface area (Å²) in [6.45, 7) is 0. The van der Waals surface area contributed by atoms with Crippen LogP contribution in [0.5, 0.6) is 11.5 Å². The molecule has 0 unspecified atom stereocenters. The third kappa shape index (κ3) is 2.97. The Labute approximate surface area is 189 Å². The molecule has 3 aliphatic rings. The maximum Gasteiger partial charge on any atom is 0.314 e. The highest BCUT2D eigenvalue weighted by Gasteiger charge is 2.58. The third-order valence-corrected chi connectivity index (χ3v) is 6.78. The summed E-state index contributed by atoms with van der Waals surface area (Å²) in [4.78, 5) is 13.3. The number of aromatic hydroxyl groups is 1. The molecule has 32 heavy (non-hydrogen) atoms. The lowest BCUT2D eigenvalue weighted by Gasteiger charge is -2.45. The number of hydrogen-bond acceptors (Lipinski definition) is 6. The quantitative estimate of drug-likeness (QED) is 0.580. The maximum absolute atomic E-state index is 12.6. The molecule has 1 fully saturated rings. The number of ether oxygens (including phenoxy) is 1. The molecule has 3 aromatic carbocycles. The van der Waals surface area contributed by atoms with Gasteiger partial charge in [-0.1, -0.05) is 60.7 Å².